The summed E-state index contributed by atoms with van der Waals surface area (Å²) in [5.74, 6) is 0.950. The molecule has 0 atom stereocenters. The zero-order valence-electron chi connectivity index (χ0n) is 11.3. The van der Waals surface area contributed by atoms with Gasteiger partial charge in [-0.15, -0.1) is 11.8 Å². The Morgan fingerprint density at radius 2 is 1.84 bits per heavy atom. The van der Waals surface area contributed by atoms with Crippen molar-refractivity contribution in [2.75, 3.05) is 18.9 Å². The van der Waals surface area contributed by atoms with E-state index in [-0.39, 0.29) is 12.5 Å². The number of benzene rings is 1. The zero-order valence-corrected chi connectivity index (χ0v) is 12.1. The van der Waals surface area contributed by atoms with E-state index in [0.29, 0.717) is 6.42 Å². The SMILES string of the molecule is O=C(CCSc1ccccc1)NCCCCCCO. The van der Waals surface area contributed by atoms with E-state index >= 15 is 0 Å². The Hall–Kier alpha value is -1.00. The number of unbranched alkanes of at least 4 members (excludes halogenated alkanes) is 3. The van der Waals surface area contributed by atoms with Gasteiger partial charge in [0.05, 0.1) is 0 Å². The van der Waals surface area contributed by atoms with Crippen molar-refractivity contribution >= 4 is 17.7 Å². The topological polar surface area (TPSA) is 49.3 Å². The molecular formula is C15H23NO2S. The minimum Gasteiger partial charge on any atom is -0.396 e. The number of aliphatic hydroxyl groups excluding tert-OH is 1. The maximum absolute atomic E-state index is 11.6. The van der Waals surface area contributed by atoms with Crippen LogP contribution in [0.25, 0.3) is 0 Å². The molecule has 0 aliphatic carbocycles. The minimum atomic E-state index is 0.130. The van der Waals surface area contributed by atoms with Crippen molar-refractivity contribution in [1.29, 1.82) is 0 Å². The third-order valence-electron chi connectivity index (χ3n) is 2.75. The molecule has 0 aromatic heterocycles. The van der Waals surface area contributed by atoms with E-state index in [4.69, 9.17) is 5.11 Å². The molecule has 1 rings (SSSR count). The molecule has 0 saturated carbocycles. The lowest BCUT2D eigenvalue weighted by Crippen LogP contribution is -2.24. The van der Waals surface area contributed by atoms with Crippen molar-refractivity contribution in [2.24, 2.45) is 0 Å². The van der Waals surface area contributed by atoms with Gasteiger partial charge < -0.3 is 10.4 Å². The summed E-state index contributed by atoms with van der Waals surface area (Å²) in [5.41, 5.74) is 0. The van der Waals surface area contributed by atoms with Crippen LogP contribution < -0.4 is 5.32 Å². The summed E-state index contributed by atoms with van der Waals surface area (Å²) in [6, 6.07) is 10.1. The van der Waals surface area contributed by atoms with Gasteiger partial charge in [0, 0.05) is 30.2 Å². The van der Waals surface area contributed by atoms with Gasteiger partial charge in [-0.3, -0.25) is 4.79 Å². The molecule has 2 N–H and O–H groups in total. The van der Waals surface area contributed by atoms with Crippen LogP contribution in [0.2, 0.25) is 0 Å². The minimum absolute atomic E-state index is 0.130. The Bertz CT molecular complexity index is 343. The van der Waals surface area contributed by atoms with Crippen LogP contribution in [0.5, 0.6) is 0 Å². The van der Waals surface area contributed by atoms with E-state index in [0.717, 1.165) is 38.0 Å². The molecule has 106 valence electrons. The van der Waals surface area contributed by atoms with E-state index in [1.54, 1.807) is 11.8 Å². The molecule has 1 amide bonds. The Kier molecular flexibility index (Phi) is 9.19. The molecule has 0 radical (unpaired) electrons. The van der Waals surface area contributed by atoms with Gasteiger partial charge in [-0.05, 0) is 25.0 Å². The molecule has 1 aromatic rings. The lowest BCUT2D eigenvalue weighted by atomic mass is 10.2. The smallest absolute Gasteiger partial charge is 0.220 e. The highest BCUT2D eigenvalue weighted by Crippen LogP contribution is 2.17. The second-order valence-electron chi connectivity index (χ2n) is 4.40. The van der Waals surface area contributed by atoms with Crippen molar-refractivity contribution < 1.29 is 9.90 Å². The van der Waals surface area contributed by atoms with Crippen LogP contribution >= 0.6 is 11.8 Å². The Morgan fingerprint density at radius 1 is 1.11 bits per heavy atom. The number of rotatable bonds is 10. The van der Waals surface area contributed by atoms with Gasteiger partial charge in [-0.2, -0.15) is 0 Å². The second-order valence-corrected chi connectivity index (χ2v) is 5.57. The predicted molar refractivity (Wildman–Crippen MR) is 80.3 cm³/mol. The summed E-state index contributed by atoms with van der Waals surface area (Å²) in [4.78, 5) is 12.8. The van der Waals surface area contributed by atoms with Crippen LogP contribution in [0, 0.1) is 0 Å². The van der Waals surface area contributed by atoms with E-state index < -0.39 is 0 Å². The van der Waals surface area contributed by atoms with Crippen LogP contribution in [0.4, 0.5) is 0 Å². The predicted octanol–water partition coefficient (Wildman–Crippen LogP) is 2.84. The first kappa shape index (κ1) is 16.1. The van der Waals surface area contributed by atoms with Gasteiger partial charge in [-0.1, -0.05) is 31.0 Å². The van der Waals surface area contributed by atoms with Crippen molar-refractivity contribution in [3.05, 3.63) is 30.3 Å². The lowest BCUT2D eigenvalue weighted by molar-refractivity contribution is -0.120. The maximum Gasteiger partial charge on any atom is 0.220 e. The average molecular weight is 281 g/mol. The number of hydrogen-bond donors (Lipinski definition) is 2. The Labute approximate surface area is 119 Å². The molecule has 4 heteroatoms. The van der Waals surface area contributed by atoms with Crippen molar-refractivity contribution in [2.45, 2.75) is 37.0 Å². The first-order chi connectivity index (χ1) is 9.33. The maximum atomic E-state index is 11.6. The number of carbonyl (C=O) groups is 1. The Morgan fingerprint density at radius 3 is 2.58 bits per heavy atom. The van der Waals surface area contributed by atoms with Crippen molar-refractivity contribution in [3.63, 3.8) is 0 Å². The van der Waals surface area contributed by atoms with Gasteiger partial charge in [-0.25, -0.2) is 0 Å². The molecule has 0 heterocycles. The van der Waals surface area contributed by atoms with Gasteiger partial charge in [0.25, 0.3) is 0 Å². The van der Waals surface area contributed by atoms with E-state index in [1.165, 1.54) is 4.90 Å². The fourth-order valence-corrected chi connectivity index (χ4v) is 2.56. The fraction of sp³-hybridized carbons (Fsp3) is 0.533. The first-order valence-corrected chi connectivity index (χ1v) is 7.87. The molecule has 0 aliphatic rings. The van der Waals surface area contributed by atoms with Crippen LogP contribution in [-0.2, 0) is 4.79 Å². The van der Waals surface area contributed by atoms with Crippen LogP contribution in [0.15, 0.2) is 35.2 Å². The third-order valence-corrected chi connectivity index (χ3v) is 3.76. The third kappa shape index (κ3) is 8.67. The molecule has 0 spiro atoms. The quantitative estimate of drug-likeness (QED) is 0.512. The average Bonchev–Trinajstić information content (AvgIpc) is 2.44. The second kappa shape index (κ2) is 10.9. The van der Waals surface area contributed by atoms with E-state index in [1.807, 2.05) is 18.2 Å². The molecule has 19 heavy (non-hydrogen) atoms. The summed E-state index contributed by atoms with van der Waals surface area (Å²) < 4.78 is 0. The van der Waals surface area contributed by atoms with Gasteiger partial charge in [0.2, 0.25) is 5.91 Å². The first-order valence-electron chi connectivity index (χ1n) is 6.88. The van der Waals surface area contributed by atoms with Gasteiger partial charge >= 0.3 is 0 Å². The summed E-state index contributed by atoms with van der Waals surface area (Å²) in [5, 5.41) is 11.6. The van der Waals surface area contributed by atoms with Gasteiger partial charge in [0.15, 0.2) is 0 Å². The summed E-state index contributed by atoms with van der Waals surface area (Å²) in [6.45, 7) is 1.02. The van der Waals surface area contributed by atoms with Gasteiger partial charge in [0.1, 0.15) is 0 Å². The van der Waals surface area contributed by atoms with Crippen LogP contribution in [0.1, 0.15) is 32.1 Å². The zero-order chi connectivity index (χ0) is 13.8. The van der Waals surface area contributed by atoms with Crippen molar-refractivity contribution in [3.8, 4) is 0 Å². The number of thioether (sulfide) groups is 1. The number of nitrogens with one attached hydrogen (secondary N) is 1. The van der Waals surface area contributed by atoms with E-state index in [9.17, 15) is 4.79 Å². The number of hydrogen-bond acceptors (Lipinski definition) is 3. The highest BCUT2D eigenvalue weighted by molar-refractivity contribution is 7.99. The highest BCUT2D eigenvalue weighted by atomic mass is 32.2. The molecule has 3 nitrogen and oxygen atoms in total. The monoisotopic (exact) mass is 281 g/mol. The molecule has 0 unspecified atom stereocenters. The van der Waals surface area contributed by atoms with E-state index in [2.05, 4.69) is 17.4 Å². The summed E-state index contributed by atoms with van der Waals surface area (Å²) in [6.07, 6.45) is 4.53. The highest BCUT2D eigenvalue weighted by Gasteiger charge is 2.01. The normalized spacial score (nSPS) is 10.4. The number of carbonyl (C=O) groups excluding carboxylic acids is 1. The molecule has 0 bridgehead atoms. The fourth-order valence-electron chi connectivity index (χ4n) is 1.68. The molecule has 0 aliphatic heterocycles. The van der Waals surface area contributed by atoms with Crippen LogP contribution in [0.3, 0.4) is 0 Å². The number of aliphatic hydroxyl groups is 1. The Balaban J connectivity index is 1.96. The largest absolute Gasteiger partial charge is 0.396 e. The lowest BCUT2D eigenvalue weighted by Gasteiger charge is -2.05. The molecular weight excluding hydrogens is 258 g/mol. The molecule has 1 aromatic carbocycles. The van der Waals surface area contributed by atoms with Crippen molar-refractivity contribution in [1.82, 2.24) is 5.32 Å². The standard InChI is InChI=1S/C15H23NO2S/c17-12-7-2-1-6-11-16-15(18)10-13-19-14-8-4-3-5-9-14/h3-5,8-9,17H,1-2,6-7,10-13H2,(H,16,18). The summed E-state index contributed by atoms with van der Waals surface area (Å²) in [7, 11) is 0. The summed E-state index contributed by atoms with van der Waals surface area (Å²) >= 11 is 1.71. The number of amides is 1. The van der Waals surface area contributed by atoms with Crippen LogP contribution in [-0.4, -0.2) is 29.9 Å². The molecule has 0 saturated heterocycles. The molecule has 0 fully saturated rings.